The van der Waals surface area contributed by atoms with Gasteiger partial charge in [-0.2, -0.15) is 0 Å². The zero-order chi connectivity index (χ0) is 23.2. The summed E-state index contributed by atoms with van der Waals surface area (Å²) in [4.78, 5) is 29.4. The Kier molecular flexibility index (Phi) is 12.1. The zero-order valence-corrected chi connectivity index (χ0v) is 19.1. The molecule has 0 aromatic carbocycles. The summed E-state index contributed by atoms with van der Waals surface area (Å²) in [5.74, 6) is 0. The second kappa shape index (κ2) is 14.8. The number of hydrogen-bond donors (Lipinski definition) is 2. The smallest absolute Gasteiger partial charge is 0.330 e. The van der Waals surface area contributed by atoms with E-state index in [0.29, 0.717) is 12.2 Å². The largest absolute Gasteiger partial charge is 0.394 e. The molecule has 1 unspecified atom stereocenters. The van der Waals surface area contributed by atoms with Crippen LogP contribution in [-0.4, -0.2) is 40.0 Å². The number of aliphatic hydroxyl groups excluding tert-OH is 1. The maximum atomic E-state index is 12.2. The lowest BCUT2D eigenvalue weighted by molar-refractivity contribution is -0.0274. The third-order valence-corrected chi connectivity index (χ3v) is 5.84. The van der Waals surface area contributed by atoms with Gasteiger partial charge in [-0.3, -0.25) is 14.3 Å². The third-order valence-electron chi connectivity index (χ3n) is 5.84. The molecule has 0 spiro atoms. The minimum Gasteiger partial charge on any atom is -0.394 e. The number of azide groups is 1. The van der Waals surface area contributed by atoms with Crippen LogP contribution in [0.3, 0.4) is 0 Å². The molecule has 1 saturated heterocycles. The Morgan fingerprint density at radius 3 is 2.47 bits per heavy atom. The van der Waals surface area contributed by atoms with Crippen molar-refractivity contribution in [3.8, 4) is 0 Å². The Balaban J connectivity index is 1.74. The molecule has 2 rings (SSSR count). The van der Waals surface area contributed by atoms with Gasteiger partial charge in [-0.15, -0.1) is 0 Å². The normalized spacial score (nSPS) is 20.4. The van der Waals surface area contributed by atoms with Gasteiger partial charge in [0.1, 0.15) is 6.23 Å². The van der Waals surface area contributed by atoms with Crippen molar-refractivity contribution in [3.05, 3.63) is 43.0 Å². The molecule has 1 fully saturated rings. The minimum absolute atomic E-state index is 0.100. The molecular weight excluding hydrogens is 414 g/mol. The number of rotatable bonds is 16. The maximum absolute atomic E-state index is 12.2. The van der Waals surface area contributed by atoms with Crippen molar-refractivity contribution in [2.45, 2.75) is 103 Å². The summed E-state index contributed by atoms with van der Waals surface area (Å²) in [6.07, 6.45) is 12.7. The lowest BCUT2D eigenvalue weighted by atomic mass is 10.1. The van der Waals surface area contributed by atoms with Gasteiger partial charge in [0.15, 0.2) is 0 Å². The summed E-state index contributed by atoms with van der Waals surface area (Å²) in [6.45, 7) is 2.56. The third kappa shape index (κ3) is 8.43. The van der Waals surface area contributed by atoms with Gasteiger partial charge in [-0.05, 0) is 12.0 Å². The van der Waals surface area contributed by atoms with E-state index in [1.807, 2.05) is 0 Å². The van der Waals surface area contributed by atoms with Gasteiger partial charge in [-0.1, -0.05) is 69.8 Å². The lowest BCUT2D eigenvalue weighted by Gasteiger charge is -2.15. The molecule has 0 bridgehead atoms. The highest BCUT2D eigenvalue weighted by molar-refractivity contribution is 5.04. The molecule has 0 amide bonds. The fourth-order valence-electron chi connectivity index (χ4n) is 3.96. The number of unbranched alkanes of at least 4 members (excludes halogenated alkanes) is 9. The van der Waals surface area contributed by atoms with Crippen LogP contribution in [0, 0.1) is 0 Å². The highest BCUT2D eigenvalue weighted by atomic mass is 16.5. The quantitative estimate of drug-likeness (QED) is 0.169. The van der Waals surface area contributed by atoms with Crippen molar-refractivity contribution < 1.29 is 14.6 Å². The fraction of sp³-hybridized carbons (Fsp3) is 0.818. The van der Waals surface area contributed by atoms with Gasteiger partial charge < -0.3 is 14.6 Å². The molecule has 1 aliphatic rings. The van der Waals surface area contributed by atoms with E-state index in [9.17, 15) is 14.7 Å². The number of H-pyrrole nitrogens is 1. The van der Waals surface area contributed by atoms with Gasteiger partial charge in [0.2, 0.25) is 0 Å². The molecule has 0 saturated carbocycles. The van der Waals surface area contributed by atoms with Crippen LogP contribution in [0.5, 0.6) is 0 Å². The Morgan fingerprint density at radius 1 is 1.19 bits per heavy atom. The minimum atomic E-state index is -0.729. The SMILES string of the molecule is CCCCCCCCCCCCOCc1cn([C@H]2CC(N=[N+]=[N-])[C@@H](CO)O2)c(=O)[nH]c1=O. The molecule has 0 radical (unpaired) electrons. The van der Waals surface area contributed by atoms with E-state index in [0.717, 1.165) is 12.8 Å². The first-order valence-electron chi connectivity index (χ1n) is 11.8. The predicted octanol–water partition coefficient (Wildman–Crippen LogP) is 3.93. The number of aliphatic hydroxyl groups is 1. The number of hydrogen-bond acceptors (Lipinski definition) is 6. The number of aromatic nitrogens is 2. The van der Waals surface area contributed by atoms with E-state index >= 15 is 0 Å². The van der Waals surface area contributed by atoms with Crippen LogP contribution in [0.4, 0.5) is 0 Å². The number of nitrogens with one attached hydrogen (secondary N) is 1. The second-order valence-electron chi connectivity index (χ2n) is 8.38. The van der Waals surface area contributed by atoms with Crippen molar-refractivity contribution in [2.24, 2.45) is 5.11 Å². The Hall–Kier alpha value is -2.13. The summed E-state index contributed by atoms with van der Waals surface area (Å²) in [7, 11) is 0. The molecule has 1 aromatic rings. The van der Waals surface area contributed by atoms with Crippen LogP contribution < -0.4 is 11.2 Å². The summed E-state index contributed by atoms with van der Waals surface area (Å²) in [6, 6.07) is -0.579. The van der Waals surface area contributed by atoms with E-state index in [1.165, 1.54) is 62.1 Å². The van der Waals surface area contributed by atoms with Crippen molar-refractivity contribution in [1.29, 1.82) is 0 Å². The van der Waals surface area contributed by atoms with Gasteiger partial charge in [0.05, 0.1) is 30.9 Å². The Bertz CT molecular complexity index is 833. The zero-order valence-electron chi connectivity index (χ0n) is 19.1. The number of ether oxygens (including phenoxy) is 2. The number of nitrogens with zero attached hydrogens (tertiary/aromatic N) is 4. The molecule has 1 aromatic heterocycles. The highest BCUT2D eigenvalue weighted by Gasteiger charge is 2.35. The molecular formula is C22H37N5O5. The summed E-state index contributed by atoms with van der Waals surface area (Å²) < 4.78 is 12.5. The lowest BCUT2D eigenvalue weighted by Crippen LogP contribution is -2.34. The van der Waals surface area contributed by atoms with E-state index in [1.54, 1.807) is 0 Å². The van der Waals surface area contributed by atoms with E-state index in [-0.39, 0.29) is 19.6 Å². The average Bonchev–Trinajstić information content (AvgIpc) is 3.18. The molecule has 1 aliphatic heterocycles. The summed E-state index contributed by atoms with van der Waals surface area (Å²) >= 11 is 0. The van der Waals surface area contributed by atoms with Crippen LogP contribution >= 0.6 is 0 Å². The predicted molar refractivity (Wildman–Crippen MR) is 121 cm³/mol. The second-order valence-corrected chi connectivity index (χ2v) is 8.38. The van der Waals surface area contributed by atoms with Crippen molar-refractivity contribution in [1.82, 2.24) is 9.55 Å². The molecule has 10 nitrogen and oxygen atoms in total. The van der Waals surface area contributed by atoms with E-state index in [2.05, 4.69) is 21.9 Å². The molecule has 0 aliphatic carbocycles. The fourth-order valence-corrected chi connectivity index (χ4v) is 3.96. The monoisotopic (exact) mass is 451 g/mol. The molecule has 32 heavy (non-hydrogen) atoms. The highest BCUT2D eigenvalue weighted by Crippen LogP contribution is 2.29. The van der Waals surface area contributed by atoms with Crippen LogP contribution in [0.1, 0.15) is 89.3 Å². The van der Waals surface area contributed by atoms with Gasteiger partial charge in [0, 0.05) is 24.1 Å². The first-order chi connectivity index (χ1) is 15.6. The summed E-state index contributed by atoms with van der Waals surface area (Å²) in [5.41, 5.74) is 7.89. The number of aromatic amines is 1. The molecule has 3 atom stereocenters. The first-order valence-corrected chi connectivity index (χ1v) is 11.8. The van der Waals surface area contributed by atoms with Gasteiger partial charge >= 0.3 is 5.69 Å². The van der Waals surface area contributed by atoms with Gasteiger partial charge in [0.25, 0.3) is 5.56 Å². The van der Waals surface area contributed by atoms with Crippen LogP contribution in [0.25, 0.3) is 10.4 Å². The maximum Gasteiger partial charge on any atom is 0.330 e. The van der Waals surface area contributed by atoms with Crippen molar-refractivity contribution >= 4 is 0 Å². The van der Waals surface area contributed by atoms with Crippen LogP contribution in [0.15, 0.2) is 20.9 Å². The van der Waals surface area contributed by atoms with Crippen molar-refractivity contribution in [3.63, 3.8) is 0 Å². The Morgan fingerprint density at radius 2 is 1.84 bits per heavy atom. The molecule has 2 heterocycles. The first kappa shape index (κ1) is 26.1. The van der Waals surface area contributed by atoms with Crippen LogP contribution in [-0.2, 0) is 16.1 Å². The molecule has 2 N–H and O–H groups in total. The Labute approximate surface area is 188 Å². The van der Waals surface area contributed by atoms with E-state index in [4.69, 9.17) is 15.0 Å². The molecule has 180 valence electrons. The van der Waals surface area contributed by atoms with Crippen molar-refractivity contribution in [2.75, 3.05) is 13.2 Å². The van der Waals surface area contributed by atoms with Crippen LogP contribution in [0.2, 0.25) is 0 Å². The molecule has 10 heteroatoms. The standard InChI is InChI=1S/C22H37N5O5/c1-2-3-4-5-6-7-8-9-10-11-12-31-16-17-14-27(22(30)24-21(17)29)20-13-18(25-26-23)19(15-28)32-20/h14,18-20,28H,2-13,15-16H2,1H3,(H,24,29,30)/t18?,19-,20-/m1/s1. The van der Waals surface area contributed by atoms with Gasteiger partial charge in [-0.25, -0.2) is 4.79 Å². The average molecular weight is 452 g/mol. The topological polar surface area (TPSA) is 142 Å². The van der Waals surface area contributed by atoms with E-state index < -0.39 is 29.6 Å². The summed E-state index contributed by atoms with van der Waals surface area (Å²) in [5, 5.41) is 13.0.